The van der Waals surface area contributed by atoms with Gasteiger partial charge in [-0.3, -0.25) is 19.3 Å². The molecule has 0 spiro atoms. The van der Waals surface area contributed by atoms with Crippen LogP contribution in [-0.2, 0) is 27.3 Å². The lowest BCUT2D eigenvalue weighted by molar-refractivity contribution is -0.153. The van der Waals surface area contributed by atoms with E-state index in [2.05, 4.69) is 31.3 Å². The zero-order valence-corrected chi connectivity index (χ0v) is 25.6. The first-order valence-corrected chi connectivity index (χ1v) is 15.0. The highest BCUT2D eigenvalue weighted by molar-refractivity contribution is 6.24. The summed E-state index contributed by atoms with van der Waals surface area (Å²) in [5, 5.41) is 51.1. The van der Waals surface area contributed by atoms with Crippen LogP contribution in [0.1, 0.15) is 37.0 Å². The Bertz CT molecular complexity index is 1860. The number of likely N-dealkylation sites (N-methyl/N-ethyl adjacent to an activating group) is 1. The summed E-state index contributed by atoms with van der Waals surface area (Å²) in [6.45, 7) is 4.85. The highest BCUT2D eigenvalue weighted by atomic mass is 16.3. The molecule has 4 atom stereocenters. The molecular weight excluding hydrogens is 574 g/mol. The van der Waals surface area contributed by atoms with Gasteiger partial charge in [-0.15, -0.1) is 0 Å². The number of nitrogens with one attached hydrogen (secondary N) is 1. The van der Waals surface area contributed by atoms with E-state index >= 15 is 0 Å². The quantitative estimate of drug-likeness (QED) is 0.229. The molecule has 0 unspecified atom stereocenters. The third-order valence-electron chi connectivity index (χ3n) is 9.61. The molecule has 10 nitrogen and oxygen atoms in total. The fraction of sp³-hybridized carbons (Fsp3) is 0.343. The molecule has 0 aliphatic heterocycles. The number of carbonyl (C=O) groups excluding carboxylic acids is 3. The number of primary amides is 1. The summed E-state index contributed by atoms with van der Waals surface area (Å²) in [6.07, 6.45) is 0.241. The molecule has 3 aromatic rings. The predicted molar refractivity (Wildman–Crippen MR) is 169 cm³/mol. The topological polar surface area (TPSA) is 173 Å². The minimum absolute atomic E-state index is 0.0292. The van der Waals surface area contributed by atoms with Crippen molar-refractivity contribution in [2.75, 3.05) is 14.1 Å². The molecule has 0 aromatic heterocycles. The van der Waals surface area contributed by atoms with E-state index in [1.807, 2.05) is 24.3 Å². The average molecular weight is 612 g/mol. The largest absolute Gasteiger partial charge is 0.508 e. The van der Waals surface area contributed by atoms with Crippen molar-refractivity contribution >= 4 is 34.0 Å². The molecule has 3 aliphatic rings. The van der Waals surface area contributed by atoms with Crippen molar-refractivity contribution in [2.45, 2.75) is 50.9 Å². The number of carbonyl (C=O) groups is 3. The Labute approximate surface area is 260 Å². The Morgan fingerprint density at radius 3 is 2.33 bits per heavy atom. The van der Waals surface area contributed by atoms with Crippen LogP contribution in [0.5, 0.6) is 5.75 Å². The molecule has 3 aromatic carbocycles. The number of amides is 1. The van der Waals surface area contributed by atoms with Crippen molar-refractivity contribution in [3.8, 4) is 16.9 Å². The lowest BCUT2D eigenvalue weighted by atomic mass is 9.57. The first-order chi connectivity index (χ1) is 21.3. The van der Waals surface area contributed by atoms with Crippen molar-refractivity contribution in [1.82, 2.24) is 10.2 Å². The minimum Gasteiger partial charge on any atom is -0.508 e. The fourth-order valence-electron chi connectivity index (χ4n) is 7.56. The van der Waals surface area contributed by atoms with Gasteiger partial charge in [-0.05, 0) is 71.9 Å². The van der Waals surface area contributed by atoms with Gasteiger partial charge in [0.2, 0.25) is 5.78 Å². The molecule has 10 heteroatoms. The molecule has 7 N–H and O–H groups in total. The van der Waals surface area contributed by atoms with Gasteiger partial charge in [-0.2, -0.15) is 0 Å². The molecule has 1 saturated carbocycles. The molecule has 0 bridgehead atoms. The van der Waals surface area contributed by atoms with E-state index in [-0.39, 0.29) is 29.7 Å². The third kappa shape index (κ3) is 4.47. The number of hydrogen-bond acceptors (Lipinski definition) is 9. The Morgan fingerprint density at radius 1 is 1.02 bits per heavy atom. The van der Waals surface area contributed by atoms with Crippen LogP contribution >= 0.6 is 0 Å². The first-order valence-electron chi connectivity index (χ1n) is 15.0. The van der Waals surface area contributed by atoms with Gasteiger partial charge < -0.3 is 31.5 Å². The van der Waals surface area contributed by atoms with Gasteiger partial charge in [0.05, 0.1) is 11.6 Å². The molecular formula is C35H37N3O7. The van der Waals surface area contributed by atoms with E-state index in [1.54, 1.807) is 20.2 Å². The van der Waals surface area contributed by atoms with Crippen LogP contribution in [0, 0.1) is 11.8 Å². The van der Waals surface area contributed by atoms with E-state index in [4.69, 9.17) is 5.73 Å². The summed E-state index contributed by atoms with van der Waals surface area (Å²) in [7, 11) is 3.16. The number of Topliss-reactive ketones (excluding diaryl/α,β-unsaturated/α-hetero) is 2. The lowest BCUT2D eigenvalue weighted by Crippen LogP contribution is -2.65. The fourth-order valence-corrected chi connectivity index (χ4v) is 7.56. The van der Waals surface area contributed by atoms with Crippen molar-refractivity contribution in [3.63, 3.8) is 0 Å². The number of phenolic OH excluding ortho intramolecular Hbond substituents is 1. The smallest absolute Gasteiger partial charge is 0.255 e. The maximum atomic E-state index is 14.1. The molecule has 6 rings (SSSR count). The van der Waals surface area contributed by atoms with Crippen molar-refractivity contribution in [2.24, 2.45) is 17.6 Å². The second-order valence-electron chi connectivity index (χ2n) is 12.8. The number of phenols is 1. The maximum Gasteiger partial charge on any atom is 0.255 e. The van der Waals surface area contributed by atoms with Crippen molar-refractivity contribution < 1.29 is 34.8 Å². The van der Waals surface area contributed by atoms with Gasteiger partial charge in [-0.1, -0.05) is 56.3 Å². The van der Waals surface area contributed by atoms with Gasteiger partial charge in [0, 0.05) is 24.1 Å². The van der Waals surface area contributed by atoms with Crippen LogP contribution in [0.15, 0.2) is 65.4 Å². The highest BCUT2D eigenvalue weighted by Gasteiger charge is 2.64. The standard InChI is InChI=1S/C35H37N3O7/c1-16(2)37-15-17-9-10-21(20-8-6-5-7-19(17)20)22-11-12-25(39)27-23(22)13-18-14-24-29(38(3)4)31(41)28(34(36)44)33(43)35(24,45)32(42)26(18)30(27)40/h5-12,16,18,24,29,37,39-40,43,45H,13-15H2,1-4H3,(H2,36,44)/t18-,24-,29+,35-/m0/s1. The van der Waals surface area contributed by atoms with Gasteiger partial charge in [0.1, 0.15) is 22.8 Å². The molecule has 1 fully saturated rings. The van der Waals surface area contributed by atoms with Crippen LogP contribution < -0.4 is 11.1 Å². The molecule has 1 amide bonds. The monoisotopic (exact) mass is 611 g/mol. The van der Waals surface area contributed by atoms with Crippen molar-refractivity contribution in [1.29, 1.82) is 0 Å². The number of rotatable bonds is 6. The number of hydrogen-bond donors (Lipinski definition) is 6. The van der Waals surface area contributed by atoms with Gasteiger partial charge >= 0.3 is 0 Å². The van der Waals surface area contributed by atoms with E-state index in [0.29, 0.717) is 18.2 Å². The van der Waals surface area contributed by atoms with Crippen LogP contribution in [0.25, 0.3) is 27.7 Å². The van der Waals surface area contributed by atoms with Crippen LogP contribution in [-0.4, -0.2) is 74.6 Å². The van der Waals surface area contributed by atoms with Gasteiger partial charge in [0.25, 0.3) is 5.91 Å². The van der Waals surface area contributed by atoms with Crippen LogP contribution in [0.4, 0.5) is 0 Å². The summed E-state index contributed by atoms with van der Waals surface area (Å²) in [5.41, 5.74) is 5.20. The number of aromatic hydroxyl groups is 1. The van der Waals surface area contributed by atoms with Gasteiger partial charge in [0.15, 0.2) is 11.4 Å². The summed E-state index contributed by atoms with van der Waals surface area (Å²) in [5.74, 6) is -6.72. The summed E-state index contributed by atoms with van der Waals surface area (Å²) in [4.78, 5) is 41.2. The summed E-state index contributed by atoms with van der Waals surface area (Å²) >= 11 is 0. The molecule has 0 radical (unpaired) electrons. The number of nitrogens with two attached hydrogens (primary N) is 1. The molecule has 0 heterocycles. The van der Waals surface area contributed by atoms with Crippen LogP contribution in [0.3, 0.4) is 0 Å². The van der Waals surface area contributed by atoms with Gasteiger partial charge in [-0.25, -0.2) is 0 Å². The van der Waals surface area contributed by atoms with Crippen molar-refractivity contribution in [3.05, 3.63) is 82.1 Å². The Hall–Kier alpha value is -4.51. The predicted octanol–water partition coefficient (Wildman–Crippen LogP) is 3.28. The third-order valence-corrected chi connectivity index (χ3v) is 9.61. The van der Waals surface area contributed by atoms with Crippen LogP contribution in [0.2, 0.25) is 0 Å². The van der Waals surface area contributed by atoms with E-state index in [9.17, 15) is 34.8 Å². The Balaban J connectivity index is 1.54. The second-order valence-corrected chi connectivity index (χ2v) is 12.8. The number of aliphatic hydroxyl groups excluding tert-OH is 2. The SMILES string of the molecule is CC(C)NCc1ccc(-c2ccc(O)c3c2C[C@H]2C[C@H]4[C@@H](N(C)C)C(=O)C(C(N)=O)=C(O)[C@@]4(O)C(=O)C2=C3O)c2ccccc12. The average Bonchev–Trinajstić information content (AvgIpc) is 2.97. The highest BCUT2D eigenvalue weighted by Crippen LogP contribution is 2.54. The number of ketones is 2. The number of nitrogens with zero attached hydrogens (tertiary/aromatic N) is 1. The molecule has 45 heavy (non-hydrogen) atoms. The summed E-state index contributed by atoms with van der Waals surface area (Å²) in [6, 6.07) is 14.5. The molecule has 3 aliphatic carbocycles. The second kappa shape index (κ2) is 10.8. The first kappa shape index (κ1) is 30.5. The maximum absolute atomic E-state index is 14.1. The number of fused-ring (bicyclic) bond motifs is 4. The zero-order valence-electron chi connectivity index (χ0n) is 25.6. The van der Waals surface area contributed by atoms with E-state index in [0.717, 1.165) is 27.5 Å². The molecule has 234 valence electrons. The Morgan fingerprint density at radius 2 is 1.69 bits per heavy atom. The number of aliphatic hydroxyl groups is 3. The summed E-state index contributed by atoms with van der Waals surface area (Å²) < 4.78 is 0. The van der Waals surface area contributed by atoms with E-state index < -0.39 is 58.0 Å². The zero-order chi connectivity index (χ0) is 32.5. The minimum atomic E-state index is -2.67. The normalized spacial score (nSPS) is 24.7. The molecule has 0 saturated heterocycles. The lowest BCUT2D eigenvalue weighted by Gasteiger charge is -2.50. The Kier molecular flexibility index (Phi) is 7.35. The number of benzene rings is 3. The van der Waals surface area contributed by atoms with E-state index in [1.165, 1.54) is 11.0 Å².